The number of ether oxygens (including phenoxy) is 1. The van der Waals surface area contributed by atoms with Gasteiger partial charge in [0.25, 0.3) is 5.91 Å². The standard InChI is InChI=1S/C11H14N2O4/c1-3-8(11(15)16)13-9(14)7-5-4-6-12-10(7)17-2/h4-6,8H,3H2,1-2H3,(H,13,14)(H,15,16)/t8-/m1/s1. The van der Waals surface area contributed by atoms with E-state index in [1.54, 1.807) is 13.0 Å². The summed E-state index contributed by atoms with van der Waals surface area (Å²) in [6.07, 6.45) is 1.80. The molecule has 2 N–H and O–H groups in total. The van der Waals surface area contributed by atoms with Crippen molar-refractivity contribution >= 4 is 11.9 Å². The number of nitrogens with zero attached hydrogens (tertiary/aromatic N) is 1. The Bertz CT molecular complexity index is 420. The second kappa shape index (κ2) is 5.83. The molecule has 0 radical (unpaired) electrons. The highest BCUT2D eigenvalue weighted by atomic mass is 16.5. The van der Waals surface area contributed by atoms with Gasteiger partial charge in [-0.2, -0.15) is 0 Å². The van der Waals surface area contributed by atoms with E-state index in [-0.39, 0.29) is 11.4 Å². The van der Waals surface area contributed by atoms with Crippen LogP contribution in [-0.4, -0.2) is 35.1 Å². The van der Waals surface area contributed by atoms with Crippen LogP contribution in [0.25, 0.3) is 0 Å². The van der Waals surface area contributed by atoms with Gasteiger partial charge in [-0.05, 0) is 18.6 Å². The molecule has 1 aromatic rings. The summed E-state index contributed by atoms with van der Waals surface area (Å²) < 4.78 is 4.92. The summed E-state index contributed by atoms with van der Waals surface area (Å²) >= 11 is 0. The molecule has 0 spiro atoms. The Morgan fingerprint density at radius 3 is 2.82 bits per heavy atom. The lowest BCUT2D eigenvalue weighted by atomic mass is 10.2. The maximum Gasteiger partial charge on any atom is 0.326 e. The van der Waals surface area contributed by atoms with Crippen molar-refractivity contribution in [3.05, 3.63) is 23.9 Å². The van der Waals surface area contributed by atoms with Gasteiger partial charge in [0.2, 0.25) is 5.88 Å². The Morgan fingerprint density at radius 2 is 2.29 bits per heavy atom. The summed E-state index contributed by atoms with van der Waals surface area (Å²) in [5.74, 6) is -1.40. The van der Waals surface area contributed by atoms with E-state index < -0.39 is 17.9 Å². The predicted octanol–water partition coefficient (Wildman–Crippen LogP) is 0.683. The predicted molar refractivity (Wildman–Crippen MR) is 60.0 cm³/mol. The van der Waals surface area contributed by atoms with Gasteiger partial charge in [0.15, 0.2) is 0 Å². The Balaban J connectivity index is 2.86. The van der Waals surface area contributed by atoms with E-state index in [1.165, 1.54) is 19.4 Å². The monoisotopic (exact) mass is 238 g/mol. The summed E-state index contributed by atoms with van der Waals surface area (Å²) in [5.41, 5.74) is 0.217. The minimum atomic E-state index is -1.07. The molecule has 0 saturated carbocycles. The van der Waals surface area contributed by atoms with Crippen molar-refractivity contribution < 1.29 is 19.4 Å². The van der Waals surface area contributed by atoms with Gasteiger partial charge >= 0.3 is 5.97 Å². The van der Waals surface area contributed by atoms with E-state index in [0.717, 1.165) is 0 Å². The molecule has 1 rings (SSSR count). The molecule has 0 aliphatic rings. The minimum absolute atomic E-state index is 0.172. The maximum absolute atomic E-state index is 11.8. The first-order valence-electron chi connectivity index (χ1n) is 5.12. The van der Waals surface area contributed by atoms with Crippen LogP contribution in [0.2, 0.25) is 0 Å². The van der Waals surface area contributed by atoms with Crippen LogP contribution < -0.4 is 10.1 Å². The average Bonchev–Trinajstić information content (AvgIpc) is 2.35. The van der Waals surface area contributed by atoms with Gasteiger partial charge in [-0.3, -0.25) is 4.79 Å². The molecule has 1 aromatic heterocycles. The van der Waals surface area contributed by atoms with Crippen molar-refractivity contribution in [1.82, 2.24) is 10.3 Å². The van der Waals surface area contributed by atoms with Crippen LogP contribution in [0.4, 0.5) is 0 Å². The number of carboxylic acid groups (broad SMARTS) is 1. The number of hydrogen-bond donors (Lipinski definition) is 2. The quantitative estimate of drug-likeness (QED) is 0.787. The Labute approximate surface area is 98.6 Å². The molecule has 0 fully saturated rings. The zero-order chi connectivity index (χ0) is 12.8. The van der Waals surface area contributed by atoms with Crippen LogP contribution in [-0.2, 0) is 4.79 Å². The molecule has 0 aliphatic heterocycles. The summed E-state index contributed by atoms with van der Waals surface area (Å²) in [6, 6.07) is 2.20. The number of aromatic nitrogens is 1. The van der Waals surface area contributed by atoms with E-state index in [0.29, 0.717) is 6.42 Å². The summed E-state index contributed by atoms with van der Waals surface area (Å²) in [5, 5.41) is 11.2. The molecule has 0 aliphatic carbocycles. The molecule has 1 amide bonds. The summed E-state index contributed by atoms with van der Waals surface area (Å²) in [4.78, 5) is 26.5. The second-order valence-electron chi connectivity index (χ2n) is 3.33. The normalized spacial score (nSPS) is 11.6. The molecule has 6 heteroatoms. The highest BCUT2D eigenvalue weighted by Crippen LogP contribution is 2.13. The zero-order valence-corrected chi connectivity index (χ0v) is 9.64. The molecule has 0 saturated heterocycles. The van der Waals surface area contributed by atoms with Crippen LogP contribution in [0.3, 0.4) is 0 Å². The average molecular weight is 238 g/mol. The SMILES string of the molecule is CC[C@@H](NC(=O)c1cccnc1OC)C(=O)O. The highest BCUT2D eigenvalue weighted by Gasteiger charge is 2.20. The number of nitrogens with one attached hydrogen (secondary N) is 1. The van der Waals surface area contributed by atoms with Crippen molar-refractivity contribution in [3.8, 4) is 5.88 Å². The molecular weight excluding hydrogens is 224 g/mol. The van der Waals surface area contributed by atoms with Gasteiger partial charge in [-0.1, -0.05) is 6.92 Å². The van der Waals surface area contributed by atoms with Crippen molar-refractivity contribution in [3.63, 3.8) is 0 Å². The molecule has 1 heterocycles. The van der Waals surface area contributed by atoms with Crippen molar-refractivity contribution in [1.29, 1.82) is 0 Å². The van der Waals surface area contributed by atoms with Gasteiger partial charge < -0.3 is 15.2 Å². The number of aliphatic carboxylic acids is 1. The van der Waals surface area contributed by atoms with Gasteiger partial charge in [-0.15, -0.1) is 0 Å². The highest BCUT2D eigenvalue weighted by molar-refractivity contribution is 5.98. The lowest BCUT2D eigenvalue weighted by Crippen LogP contribution is -2.40. The Morgan fingerprint density at radius 1 is 1.59 bits per heavy atom. The van der Waals surface area contributed by atoms with Crippen LogP contribution in [0.15, 0.2) is 18.3 Å². The number of carbonyl (C=O) groups is 2. The molecule has 0 bridgehead atoms. The van der Waals surface area contributed by atoms with Gasteiger partial charge in [0, 0.05) is 6.20 Å². The molecule has 0 aromatic carbocycles. The van der Waals surface area contributed by atoms with Crippen LogP contribution in [0.5, 0.6) is 5.88 Å². The number of amides is 1. The minimum Gasteiger partial charge on any atom is -0.480 e. The van der Waals surface area contributed by atoms with E-state index >= 15 is 0 Å². The summed E-state index contributed by atoms with van der Waals surface area (Å²) in [6.45, 7) is 1.68. The van der Waals surface area contributed by atoms with Gasteiger partial charge in [0.1, 0.15) is 11.6 Å². The van der Waals surface area contributed by atoms with E-state index in [1.807, 2.05) is 0 Å². The zero-order valence-electron chi connectivity index (χ0n) is 9.64. The number of methoxy groups -OCH3 is 1. The summed E-state index contributed by atoms with van der Waals surface area (Å²) in [7, 11) is 1.40. The fourth-order valence-corrected chi connectivity index (χ4v) is 1.30. The Hall–Kier alpha value is -2.11. The molecule has 0 unspecified atom stereocenters. The fourth-order valence-electron chi connectivity index (χ4n) is 1.30. The number of carbonyl (C=O) groups excluding carboxylic acids is 1. The smallest absolute Gasteiger partial charge is 0.326 e. The van der Waals surface area contributed by atoms with Crippen molar-refractivity contribution in [2.45, 2.75) is 19.4 Å². The van der Waals surface area contributed by atoms with Crippen molar-refractivity contribution in [2.24, 2.45) is 0 Å². The first kappa shape index (κ1) is 13.0. The van der Waals surface area contributed by atoms with E-state index in [9.17, 15) is 9.59 Å². The second-order valence-corrected chi connectivity index (χ2v) is 3.33. The molecule has 92 valence electrons. The molecule has 1 atom stereocenters. The Kier molecular flexibility index (Phi) is 4.45. The first-order valence-corrected chi connectivity index (χ1v) is 5.12. The maximum atomic E-state index is 11.8. The number of rotatable bonds is 5. The molecule has 6 nitrogen and oxygen atoms in total. The lowest BCUT2D eigenvalue weighted by Gasteiger charge is -2.13. The third kappa shape index (κ3) is 3.17. The van der Waals surface area contributed by atoms with E-state index in [2.05, 4.69) is 10.3 Å². The van der Waals surface area contributed by atoms with Crippen LogP contribution in [0, 0.1) is 0 Å². The van der Waals surface area contributed by atoms with Gasteiger partial charge in [-0.25, -0.2) is 9.78 Å². The van der Waals surface area contributed by atoms with Gasteiger partial charge in [0.05, 0.1) is 7.11 Å². The third-order valence-corrected chi connectivity index (χ3v) is 2.22. The third-order valence-electron chi connectivity index (χ3n) is 2.22. The first-order chi connectivity index (χ1) is 8.10. The topological polar surface area (TPSA) is 88.5 Å². The lowest BCUT2D eigenvalue weighted by molar-refractivity contribution is -0.139. The van der Waals surface area contributed by atoms with Crippen LogP contribution >= 0.6 is 0 Å². The number of hydrogen-bond acceptors (Lipinski definition) is 4. The number of pyridine rings is 1. The van der Waals surface area contributed by atoms with Crippen molar-refractivity contribution in [2.75, 3.05) is 7.11 Å². The fraction of sp³-hybridized carbons (Fsp3) is 0.364. The largest absolute Gasteiger partial charge is 0.480 e. The molecular formula is C11H14N2O4. The van der Waals surface area contributed by atoms with Crippen LogP contribution in [0.1, 0.15) is 23.7 Å². The van der Waals surface area contributed by atoms with E-state index in [4.69, 9.17) is 9.84 Å². The number of carboxylic acids is 1. The molecule has 17 heavy (non-hydrogen) atoms.